The van der Waals surface area contributed by atoms with Crippen LogP contribution >= 0.6 is 0 Å². The zero-order valence-electron chi connectivity index (χ0n) is 14.4. The lowest BCUT2D eigenvalue weighted by molar-refractivity contribution is -0.132. The second-order valence-corrected chi connectivity index (χ2v) is 6.50. The molecule has 138 valence electrons. The summed E-state index contributed by atoms with van der Waals surface area (Å²) in [5, 5.41) is 19.3. The van der Waals surface area contributed by atoms with Gasteiger partial charge in [-0.3, -0.25) is 9.59 Å². The highest BCUT2D eigenvalue weighted by atomic mass is 16.4. The van der Waals surface area contributed by atoms with E-state index >= 15 is 0 Å². The third kappa shape index (κ3) is 4.19. The summed E-state index contributed by atoms with van der Waals surface area (Å²) in [6.45, 7) is 1.15. The van der Waals surface area contributed by atoms with Crippen molar-refractivity contribution in [2.75, 3.05) is 13.1 Å². The number of H-pyrrole nitrogens is 1. The molecule has 1 saturated heterocycles. The van der Waals surface area contributed by atoms with Gasteiger partial charge in [0.1, 0.15) is 0 Å². The van der Waals surface area contributed by atoms with Gasteiger partial charge in [-0.1, -0.05) is 18.2 Å². The van der Waals surface area contributed by atoms with E-state index < -0.39 is 6.09 Å². The Hall–Kier alpha value is -2.90. The van der Waals surface area contributed by atoms with Crippen LogP contribution in [0.15, 0.2) is 29.1 Å². The van der Waals surface area contributed by atoms with Crippen LogP contribution in [-0.2, 0) is 11.2 Å². The second-order valence-electron chi connectivity index (χ2n) is 6.50. The molecular weight excluding hydrogens is 336 g/mol. The van der Waals surface area contributed by atoms with Crippen molar-refractivity contribution in [2.24, 2.45) is 0 Å². The fraction of sp³-hybridized carbons (Fsp3) is 0.444. The quantitative estimate of drug-likeness (QED) is 0.749. The lowest BCUT2D eigenvalue weighted by atomic mass is 10.0. The number of carbonyl (C=O) groups is 2. The summed E-state index contributed by atoms with van der Waals surface area (Å²) in [4.78, 5) is 36.6. The molecule has 0 spiro atoms. The minimum atomic E-state index is -1.02. The van der Waals surface area contributed by atoms with Gasteiger partial charge in [0.05, 0.1) is 11.1 Å². The molecule has 2 heterocycles. The standard InChI is InChI=1S/C18H22N4O4/c23-16(22-10-8-12(9-11-22)19-18(25)26)7-3-6-15-13-4-1-2-5-14(13)17(24)21-20-15/h1-2,4-5,12,19H,3,6-11H2,(H,21,24)(H,25,26). The predicted octanol–water partition coefficient (Wildman–Crippen LogP) is 1.50. The molecule has 0 saturated carbocycles. The Balaban J connectivity index is 1.51. The number of hydrogen-bond acceptors (Lipinski definition) is 4. The number of aryl methyl sites for hydroxylation is 1. The molecule has 2 amide bonds. The lowest BCUT2D eigenvalue weighted by Crippen LogP contribution is -2.46. The van der Waals surface area contributed by atoms with Gasteiger partial charge in [0, 0.05) is 30.9 Å². The number of amides is 2. The van der Waals surface area contributed by atoms with E-state index in [0.717, 1.165) is 11.1 Å². The molecule has 0 unspecified atom stereocenters. The van der Waals surface area contributed by atoms with Crippen molar-refractivity contribution in [3.05, 3.63) is 40.3 Å². The van der Waals surface area contributed by atoms with Gasteiger partial charge in [0.25, 0.3) is 5.56 Å². The Labute approximate surface area is 150 Å². The van der Waals surface area contributed by atoms with E-state index in [-0.39, 0.29) is 17.5 Å². The van der Waals surface area contributed by atoms with Crippen LogP contribution < -0.4 is 10.9 Å². The number of carbonyl (C=O) groups excluding carboxylic acids is 1. The lowest BCUT2D eigenvalue weighted by Gasteiger charge is -2.31. The van der Waals surface area contributed by atoms with Crippen LogP contribution in [0.4, 0.5) is 4.79 Å². The van der Waals surface area contributed by atoms with Crippen LogP contribution in [-0.4, -0.2) is 51.3 Å². The Kier molecular flexibility index (Phi) is 5.50. The summed E-state index contributed by atoms with van der Waals surface area (Å²) < 4.78 is 0. The van der Waals surface area contributed by atoms with E-state index in [2.05, 4.69) is 15.5 Å². The Morgan fingerprint density at radius 2 is 1.92 bits per heavy atom. The van der Waals surface area contributed by atoms with Crippen molar-refractivity contribution >= 4 is 22.8 Å². The van der Waals surface area contributed by atoms with Crippen LogP contribution in [0.1, 0.15) is 31.4 Å². The summed E-state index contributed by atoms with van der Waals surface area (Å²) in [6, 6.07) is 7.24. The Morgan fingerprint density at radius 3 is 2.62 bits per heavy atom. The van der Waals surface area contributed by atoms with Gasteiger partial charge in [-0.2, -0.15) is 5.10 Å². The van der Waals surface area contributed by atoms with Gasteiger partial charge >= 0.3 is 6.09 Å². The molecule has 8 nitrogen and oxygen atoms in total. The zero-order valence-corrected chi connectivity index (χ0v) is 14.4. The molecule has 2 aromatic rings. The van der Waals surface area contributed by atoms with Gasteiger partial charge in [-0.15, -0.1) is 0 Å². The van der Waals surface area contributed by atoms with Gasteiger partial charge in [0.15, 0.2) is 0 Å². The maximum Gasteiger partial charge on any atom is 0.404 e. The van der Waals surface area contributed by atoms with Crippen molar-refractivity contribution in [3.8, 4) is 0 Å². The fourth-order valence-electron chi connectivity index (χ4n) is 3.38. The number of aromatic nitrogens is 2. The van der Waals surface area contributed by atoms with Crippen molar-refractivity contribution in [1.29, 1.82) is 0 Å². The normalized spacial score (nSPS) is 15.2. The van der Waals surface area contributed by atoms with E-state index in [1.165, 1.54) is 0 Å². The molecule has 1 aromatic carbocycles. The number of aromatic amines is 1. The minimum absolute atomic E-state index is 0.0757. The van der Waals surface area contributed by atoms with E-state index in [1.54, 1.807) is 11.0 Å². The van der Waals surface area contributed by atoms with Gasteiger partial charge in [0.2, 0.25) is 5.91 Å². The number of benzene rings is 1. The molecule has 0 aliphatic carbocycles. The van der Waals surface area contributed by atoms with Crippen LogP contribution in [0.2, 0.25) is 0 Å². The highest BCUT2D eigenvalue weighted by Gasteiger charge is 2.23. The SMILES string of the molecule is O=C(O)NC1CCN(C(=O)CCCc2n[nH]c(=O)c3ccccc23)CC1. The molecule has 3 N–H and O–H groups in total. The van der Waals surface area contributed by atoms with Crippen LogP contribution in [0.5, 0.6) is 0 Å². The number of hydrogen-bond donors (Lipinski definition) is 3. The Morgan fingerprint density at radius 1 is 1.23 bits per heavy atom. The molecule has 1 aliphatic rings. The maximum absolute atomic E-state index is 12.3. The van der Waals surface area contributed by atoms with Crippen LogP contribution in [0.3, 0.4) is 0 Å². The number of fused-ring (bicyclic) bond motifs is 1. The Bertz CT molecular complexity index is 856. The predicted molar refractivity (Wildman–Crippen MR) is 96.1 cm³/mol. The number of carboxylic acid groups (broad SMARTS) is 1. The average Bonchev–Trinajstić information content (AvgIpc) is 2.64. The number of piperidine rings is 1. The van der Waals surface area contributed by atoms with Gasteiger partial charge < -0.3 is 15.3 Å². The molecule has 0 radical (unpaired) electrons. The number of likely N-dealkylation sites (tertiary alicyclic amines) is 1. The summed E-state index contributed by atoms with van der Waals surface area (Å²) >= 11 is 0. The van der Waals surface area contributed by atoms with E-state index in [1.807, 2.05) is 18.2 Å². The maximum atomic E-state index is 12.3. The van der Waals surface area contributed by atoms with Crippen molar-refractivity contribution < 1.29 is 14.7 Å². The van der Waals surface area contributed by atoms with Crippen molar-refractivity contribution in [3.63, 3.8) is 0 Å². The molecule has 1 aliphatic heterocycles. The van der Waals surface area contributed by atoms with Crippen LogP contribution in [0, 0.1) is 0 Å². The smallest absolute Gasteiger partial charge is 0.404 e. The zero-order chi connectivity index (χ0) is 18.5. The molecule has 8 heteroatoms. The topological polar surface area (TPSA) is 115 Å². The summed E-state index contributed by atoms with van der Waals surface area (Å²) in [5.41, 5.74) is 0.579. The monoisotopic (exact) mass is 358 g/mol. The van der Waals surface area contributed by atoms with Gasteiger partial charge in [-0.05, 0) is 31.7 Å². The molecule has 1 aromatic heterocycles. The van der Waals surface area contributed by atoms with Crippen LogP contribution in [0.25, 0.3) is 10.8 Å². The number of nitrogens with zero attached hydrogens (tertiary/aromatic N) is 2. The first-order valence-electron chi connectivity index (χ1n) is 8.78. The summed E-state index contributed by atoms with van der Waals surface area (Å²) in [5.74, 6) is 0.0764. The van der Waals surface area contributed by atoms with Gasteiger partial charge in [-0.25, -0.2) is 9.89 Å². The molecule has 26 heavy (non-hydrogen) atoms. The minimum Gasteiger partial charge on any atom is -0.465 e. The third-order valence-electron chi connectivity index (χ3n) is 4.75. The van der Waals surface area contributed by atoms with Crippen molar-refractivity contribution in [2.45, 2.75) is 38.1 Å². The highest BCUT2D eigenvalue weighted by molar-refractivity contribution is 5.83. The first-order valence-corrected chi connectivity index (χ1v) is 8.78. The van der Waals surface area contributed by atoms with Crippen molar-refractivity contribution in [1.82, 2.24) is 20.4 Å². The number of nitrogens with one attached hydrogen (secondary N) is 2. The highest BCUT2D eigenvalue weighted by Crippen LogP contribution is 2.16. The van der Waals surface area contributed by atoms with E-state index in [0.29, 0.717) is 50.6 Å². The third-order valence-corrected chi connectivity index (χ3v) is 4.75. The molecule has 0 atom stereocenters. The fourth-order valence-corrected chi connectivity index (χ4v) is 3.38. The average molecular weight is 358 g/mol. The summed E-state index contributed by atoms with van der Waals surface area (Å²) in [6.07, 6.45) is 1.94. The molecule has 3 rings (SSSR count). The van der Waals surface area contributed by atoms with E-state index in [4.69, 9.17) is 5.11 Å². The molecule has 0 bridgehead atoms. The second kappa shape index (κ2) is 7.99. The largest absolute Gasteiger partial charge is 0.465 e. The van der Waals surface area contributed by atoms with E-state index in [9.17, 15) is 14.4 Å². The molecular formula is C18H22N4O4. The number of rotatable bonds is 5. The molecule has 1 fully saturated rings. The first kappa shape index (κ1) is 17.9. The first-order chi connectivity index (χ1) is 12.5. The summed E-state index contributed by atoms with van der Waals surface area (Å²) in [7, 11) is 0.